The van der Waals surface area contributed by atoms with E-state index in [1.165, 1.54) is 0 Å². The molecule has 0 rings (SSSR count). The molecule has 0 unspecified atom stereocenters. The molecule has 2 nitrogen and oxygen atoms in total. The zero-order valence-corrected chi connectivity index (χ0v) is 9.43. The zero-order chi connectivity index (χ0) is 9.56. The van der Waals surface area contributed by atoms with Gasteiger partial charge < -0.3 is 4.90 Å². The molecule has 74 valence electrons. The molecule has 0 amide bonds. The highest BCUT2D eigenvalue weighted by Crippen LogP contribution is 1.98. The van der Waals surface area contributed by atoms with Gasteiger partial charge in [0.1, 0.15) is 0 Å². The van der Waals surface area contributed by atoms with Crippen molar-refractivity contribution < 1.29 is 0 Å². The van der Waals surface area contributed by atoms with Gasteiger partial charge in [-0.3, -0.25) is 4.90 Å². The lowest BCUT2D eigenvalue weighted by Crippen LogP contribution is -2.37. The van der Waals surface area contributed by atoms with Crippen molar-refractivity contribution >= 4 is 11.6 Å². The van der Waals surface area contributed by atoms with E-state index in [1.807, 2.05) is 0 Å². The van der Waals surface area contributed by atoms with Gasteiger partial charge >= 0.3 is 0 Å². The van der Waals surface area contributed by atoms with Crippen molar-refractivity contribution in [3.8, 4) is 0 Å². The summed E-state index contributed by atoms with van der Waals surface area (Å²) in [7, 11) is 4.19. The summed E-state index contributed by atoms with van der Waals surface area (Å²) < 4.78 is 0. The van der Waals surface area contributed by atoms with Crippen molar-refractivity contribution in [3.63, 3.8) is 0 Å². The largest absolute Gasteiger partial charge is 0.308 e. The molecule has 0 aliphatic heterocycles. The number of halogens is 1. The molecule has 0 saturated carbocycles. The molecule has 0 aromatic heterocycles. The topological polar surface area (TPSA) is 6.48 Å². The highest BCUT2D eigenvalue weighted by atomic mass is 35.5. The smallest absolute Gasteiger partial charge is 0.0351 e. The van der Waals surface area contributed by atoms with Crippen LogP contribution < -0.4 is 0 Å². The number of alkyl halides is 1. The summed E-state index contributed by atoms with van der Waals surface area (Å²) in [6, 6.07) is 0.601. The molecule has 0 N–H and O–H groups in total. The van der Waals surface area contributed by atoms with Crippen LogP contribution in [-0.2, 0) is 0 Å². The molecule has 0 aliphatic rings. The number of rotatable bonds is 6. The molecule has 0 aromatic carbocycles. The number of nitrogens with zero attached hydrogens (tertiary/aromatic N) is 2. The summed E-state index contributed by atoms with van der Waals surface area (Å²) >= 11 is 5.70. The summed E-state index contributed by atoms with van der Waals surface area (Å²) in [5, 5.41) is 0. The fraction of sp³-hybridized carbons (Fsp3) is 1.00. The van der Waals surface area contributed by atoms with Gasteiger partial charge in [-0.1, -0.05) is 0 Å². The highest BCUT2D eigenvalue weighted by Gasteiger charge is 2.07. The molecule has 0 saturated heterocycles. The molecule has 0 aliphatic carbocycles. The van der Waals surface area contributed by atoms with E-state index >= 15 is 0 Å². The lowest BCUT2D eigenvalue weighted by molar-refractivity contribution is 0.210. The summed E-state index contributed by atoms with van der Waals surface area (Å²) in [5.74, 6) is 0.728. The number of likely N-dealkylation sites (N-methyl/N-ethyl adjacent to an activating group) is 1. The van der Waals surface area contributed by atoms with Gasteiger partial charge in [0.25, 0.3) is 0 Å². The molecule has 0 spiro atoms. The Hall–Kier alpha value is 0.210. The third-order valence-electron chi connectivity index (χ3n) is 1.94. The van der Waals surface area contributed by atoms with Gasteiger partial charge in [-0.2, -0.15) is 0 Å². The van der Waals surface area contributed by atoms with E-state index in [1.54, 1.807) is 0 Å². The second-order valence-electron chi connectivity index (χ2n) is 3.62. The van der Waals surface area contributed by atoms with Crippen molar-refractivity contribution in [3.05, 3.63) is 0 Å². The summed E-state index contributed by atoms with van der Waals surface area (Å²) in [6.45, 7) is 7.63. The van der Waals surface area contributed by atoms with Crippen LogP contribution in [0.2, 0.25) is 0 Å². The Bertz CT molecular complexity index is 105. The zero-order valence-electron chi connectivity index (χ0n) is 8.68. The van der Waals surface area contributed by atoms with Crippen LogP contribution in [-0.4, -0.2) is 55.5 Å². The molecule has 0 radical (unpaired) electrons. The van der Waals surface area contributed by atoms with Gasteiger partial charge in [0, 0.05) is 31.6 Å². The van der Waals surface area contributed by atoms with Crippen LogP contribution in [0.25, 0.3) is 0 Å². The maximum atomic E-state index is 5.70. The van der Waals surface area contributed by atoms with Crippen molar-refractivity contribution in [2.45, 2.75) is 19.9 Å². The highest BCUT2D eigenvalue weighted by molar-refractivity contribution is 6.18. The Morgan fingerprint density at radius 2 is 1.67 bits per heavy atom. The van der Waals surface area contributed by atoms with Crippen LogP contribution in [0.1, 0.15) is 13.8 Å². The Morgan fingerprint density at radius 1 is 1.08 bits per heavy atom. The minimum absolute atomic E-state index is 0.601. The van der Waals surface area contributed by atoms with Crippen molar-refractivity contribution in [2.75, 3.05) is 39.6 Å². The average molecular weight is 193 g/mol. The maximum Gasteiger partial charge on any atom is 0.0351 e. The summed E-state index contributed by atoms with van der Waals surface area (Å²) in [6.07, 6.45) is 0. The van der Waals surface area contributed by atoms with E-state index in [9.17, 15) is 0 Å². The van der Waals surface area contributed by atoms with Gasteiger partial charge in [-0.25, -0.2) is 0 Å². The predicted molar refractivity (Wildman–Crippen MR) is 56.0 cm³/mol. The van der Waals surface area contributed by atoms with E-state index in [4.69, 9.17) is 11.6 Å². The normalized spacial score (nSPS) is 12.0. The van der Waals surface area contributed by atoms with Crippen LogP contribution in [0, 0.1) is 0 Å². The lowest BCUT2D eigenvalue weighted by atomic mass is 10.3. The van der Waals surface area contributed by atoms with Crippen molar-refractivity contribution in [1.82, 2.24) is 9.80 Å². The number of hydrogen-bond acceptors (Lipinski definition) is 2. The van der Waals surface area contributed by atoms with Crippen molar-refractivity contribution in [1.29, 1.82) is 0 Å². The molecule has 0 aromatic rings. The minimum atomic E-state index is 0.601. The SMILES string of the molecule is CC(C)N(CCCl)CCN(C)C. The average Bonchev–Trinajstić information content (AvgIpc) is 1.96. The quantitative estimate of drug-likeness (QED) is 0.589. The second-order valence-corrected chi connectivity index (χ2v) is 4.00. The van der Waals surface area contributed by atoms with E-state index < -0.39 is 0 Å². The third-order valence-corrected chi connectivity index (χ3v) is 2.11. The first-order valence-electron chi connectivity index (χ1n) is 4.52. The van der Waals surface area contributed by atoms with Crippen molar-refractivity contribution in [2.24, 2.45) is 0 Å². The first kappa shape index (κ1) is 12.2. The standard InChI is InChI=1S/C9H21ClN2/c1-9(2)12(6-5-10)8-7-11(3)4/h9H,5-8H2,1-4H3. The number of hydrogen-bond donors (Lipinski definition) is 0. The van der Waals surface area contributed by atoms with Gasteiger partial charge in [0.2, 0.25) is 0 Å². The van der Waals surface area contributed by atoms with Crippen LogP contribution in [0.15, 0.2) is 0 Å². The lowest BCUT2D eigenvalue weighted by Gasteiger charge is -2.26. The summed E-state index contributed by atoms with van der Waals surface area (Å²) in [4.78, 5) is 4.59. The van der Waals surface area contributed by atoms with E-state index in [0.717, 1.165) is 25.5 Å². The van der Waals surface area contributed by atoms with Gasteiger partial charge in [-0.15, -0.1) is 11.6 Å². The molecule has 0 bridgehead atoms. The van der Waals surface area contributed by atoms with Gasteiger partial charge in [0.05, 0.1) is 0 Å². The summed E-state index contributed by atoms with van der Waals surface area (Å²) in [5.41, 5.74) is 0. The molecular weight excluding hydrogens is 172 g/mol. The van der Waals surface area contributed by atoms with Crippen LogP contribution >= 0.6 is 11.6 Å². The van der Waals surface area contributed by atoms with Crippen LogP contribution in [0.4, 0.5) is 0 Å². The molecule has 12 heavy (non-hydrogen) atoms. The fourth-order valence-electron chi connectivity index (χ4n) is 1.07. The minimum Gasteiger partial charge on any atom is -0.308 e. The fourth-order valence-corrected chi connectivity index (χ4v) is 1.28. The second kappa shape index (κ2) is 6.70. The third kappa shape index (κ3) is 5.81. The molecule has 0 heterocycles. The maximum absolute atomic E-state index is 5.70. The first-order valence-corrected chi connectivity index (χ1v) is 5.06. The Balaban J connectivity index is 3.63. The van der Waals surface area contributed by atoms with E-state index in [-0.39, 0.29) is 0 Å². The molecule has 0 atom stereocenters. The van der Waals surface area contributed by atoms with Gasteiger partial charge in [0.15, 0.2) is 0 Å². The predicted octanol–water partition coefficient (Wildman–Crippen LogP) is 1.50. The van der Waals surface area contributed by atoms with E-state index in [0.29, 0.717) is 6.04 Å². The van der Waals surface area contributed by atoms with Crippen LogP contribution in [0.3, 0.4) is 0 Å². The molecule has 3 heteroatoms. The van der Waals surface area contributed by atoms with Crippen LogP contribution in [0.5, 0.6) is 0 Å². The molecular formula is C9H21ClN2. The van der Waals surface area contributed by atoms with Gasteiger partial charge in [-0.05, 0) is 27.9 Å². The first-order chi connectivity index (χ1) is 5.57. The van der Waals surface area contributed by atoms with E-state index in [2.05, 4.69) is 37.7 Å². The molecule has 0 fully saturated rings. The Morgan fingerprint density at radius 3 is 2.00 bits per heavy atom. The Labute approximate surface area is 81.5 Å². The Kier molecular flexibility index (Phi) is 6.81. The monoisotopic (exact) mass is 192 g/mol.